The van der Waals surface area contributed by atoms with Crippen LogP contribution in [0.1, 0.15) is 39.4 Å². The highest BCUT2D eigenvalue weighted by Crippen LogP contribution is 2.34. The third kappa shape index (κ3) is 2.14. The van der Waals surface area contributed by atoms with E-state index >= 15 is 0 Å². The van der Waals surface area contributed by atoms with Crippen LogP contribution in [0.4, 0.5) is 0 Å². The Kier molecular flexibility index (Phi) is 3.08. The van der Waals surface area contributed by atoms with E-state index < -0.39 is 5.60 Å². The summed E-state index contributed by atoms with van der Waals surface area (Å²) >= 11 is 3.59. The monoisotopic (exact) mass is 295 g/mol. The zero-order chi connectivity index (χ0) is 12.8. The van der Waals surface area contributed by atoms with Gasteiger partial charge in [0.05, 0.1) is 16.8 Å². The molecule has 0 saturated heterocycles. The zero-order valence-electron chi connectivity index (χ0n) is 10.7. The van der Waals surface area contributed by atoms with Crippen molar-refractivity contribution in [2.45, 2.75) is 39.3 Å². The highest BCUT2D eigenvalue weighted by Gasteiger charge is 2.24. The van der Waals surface area contributed by atoms with Crippen LogP contribution in [-0.4, -0.2) is 9.67 Å². The van der Waals surface area contributed by atoms with Gasteiger partial charge in [0, 0.05) is 15.9 Å². The van der Waals surface area contributed by atoms with Gasteiger partial charge in [0.25, 0.3) is 0 Å². The number of halogens is 1. The predicted octanol–water partition coefficient (Wildman–Crippen LogP) is 4.21. The van der Waals surface area contributed by atoms with Crippen LogP contribution >= 0.6 is 15.9 Å². The largest absolute Gasteiger partial charge is 0.384 e. The summed E-state index contributed by atoms with van der Waals surface area (Å²) in [5.41, 5.74) is 1.27. The van der Waals surface area contributed by atoms with Gasteiger partial charge in [-0.3, -0.25) is 0 Å². The van der Waals surface area contributed by atoms with Gasteiger partial charge in [-0.25, -0.2) is 0 Å². The van der Waals surface area contributed by atoms with Crippen LogP contribution in [0.25, 0.3) is 10.9 Å². The van der Waals surface area contributed by atoms with Crippen LogP contribution in [-0.2, 0) is 5.60 Å². The summed E-state index contributed by atoms with van der Waals surface area (Å²) in [6, 6.07) is 8.52. The molecule has 17 heavy (non-hydrogen) atoms. The Morgan fingerprint density at radius 2 is 1.94 bits per heavy atom. The highest BCUT2D eigenvalue weighted by atomic mass is 79.9. The maximum absolute atomic E-state index is 10.3. The lowest BCUT2D eigenvalue weighted by Gasteiger charge is -2.23. The fourth-order valence-corrected chi connectivity index (χ4v) is 2.82. The summed E-state index contributed by atoms with van der Waals surface area (Å²) in [4.78, 5) is 0. The zero-order valence-corrected chi connectivity index (χ0v) is 12.2. The number of para-hydroxylation sites is 1. The van der Waals surface area contributed by atoms with Gasteiger partial charge < -0.3 is 9.67 Å². The number of fused-ring (bicyclic) bond motifs is 1. The fourth-order valence-electron chi connectivity index (χ4n) is 2.25. The number of hydrogen-bond acceptors (Lipinski definition) is 1. The van der Waals surface area contributed by atoms with E-state index in [-0.39, 0.29) is 0 Å². The third-order valence-electron chi connectivity index (χ3n) is 2.95. The molecule has 0 aliphatic heterocycles. The Balaban J connectivity index is 2.86. The van der Waals surface area contributed by atoms with E-state index in [1.165, 1.54) is 0 Å². The molecule has 0 radical (unpaired) electrons. The van der Waals surface area contributed by atoms with Crippen molar-refractivity contribution in [1.82, 2.24) is 4.57 Å². The molecule has 1 aromatic heterocycles. The SMILES string of the molecule is CC(C)n1c(C(C)(C)O)cc2cccc(Br)c21. The van der Waals surface area contributed by atoms with Gasteiger partial charge >= 0.3 is 0 Å². The molecule has 2 rings (SSSR count). The van der Waals surface area contributed by atoms with Crippen LogP contribution in [0.3, 0.4) is 0 Å². The van der Waals surface area contributed by atoms with Crippen LogP contribution in [0.15, 0.2) is 28.7 Å². The Labute approximate surface area is 110 Å². The van der Waals surface area contributed by atoms with Gasteiger partial charge in [0.2, 0.25) is 0 Å². The average Bonchev–Trinajstić information content (AvgIpc) is 2.57. The van der Waals surface area contributed by atoms with Crippen LogP contribution in [0, 0.1) is 0 Å². The van der Waals surface area contributed by atoms with E-state index in [2.05, 4.69) is 46.5 Å². The Morgan fingerprint density at radius 3 is 2.47 bits per heavy atom. The van der Waals surface area contributed by atoms with Crippen molar-refractivity contribution >= 4 is 26.8 Å². The first-order valence-corrected chi connectivity index (χ1v) is 6.64. The second-order valence-electron chi connectivity index (χ2n) is 5.23. The Bertz CT molecular complexity index is 549. The molecule has 0 bridgehead atoms. The number of rotatable bonds is 2. The molecule has 0 unspecified atom stereocenters. The van der Waals surface area contributed by atoms with Crippen LogP contribution < -0.4 is 0 Å². The molecule has 0 atom stereocenters. The number of nitrogens with zero attached hydrogens (tertiary/aromatic N) is 1. The summed E-state index contributed by atoms with van der Waals surface area (Å²) < 4.78 is 3.26. The maximum Gasteiger partial charge on any atom is 0.0989 e. The molecule has 3 heteroatoms. The van der Waals surface area contributed by atoms with Crippen LogP contribution in [0.5, 0.6) is 0 Å². The second kappa shape index (κ2) is 4.14. The standard InChI is InChI=1S/C14H18BrNO/c1-9(2)16-12(14(3,4)17)8-10-6-5-7-11(15)13(10)16/h5-9,17H,1-4H3. The lowest BCUT2D eigenvalue weighted by molar-refractivity contribution is 0.0691. The average molecular weight is 296 g/mol. The first-order valence-electron chi connectivity index (χ1n) is 5.84. The van der Waals surface area contributed by atoms with Gasteiger partial charge in [-0.15, -0.1) is 0 Å². The topological polar surface area (TPSA) is 25.2 Å². The molecule has 92 valence electrons. The molecule has 1 N–H and O–H groups in total. The van der Waals surface area contributed by atoms with Crippen LogP contribution in [0.2, 0.25) is 0 Å². The lowest BCUT2D eigenvalue weighted by Crippen LogP contribution is -2.21. The van der Waals surface area contributed by atoms with Crippen molar-refractivity contribution in [3.63, 3.8) is 0 Å². The van der Waals surface area contributed by atoms with E-state index in [0.29, 0.717) is 6.04 Å². The van der Waals surface area contributed by atoms with E-state index in [1.54, 1.807) is 0 Å². The molecular formula is C14H18BrNO. The number of aliphatic hydroxyl groups is 1. The molecular weight excluding hydrogens is 278 g/mol. The molecule has 1 heterocycles. The molecule has 0 fully saturated rings. The summed E-state index contributed by atoms with van der Waals surface area (Å²) in [7, 11) is 0. The Morgan fingerprint density at radius 1 is 1.29 bits per heavy atom. The fraction of sp³-hybridized carbons (Fsp3) is 0.429. The quantitative estimate of drug-likeness (QED) is 0.882. The molecule has 2 nitrogen and oxygen atoms in total. The Hall–Kier alpha value is -0.800. The van der Waals surface area contributed by atoms with Gasteiger partial charge in [0.15, 0.2) is 0 Å². The number of hydrogen-bond donors (Lipinski definition) is 1. The highest BCUT2D eigenvalue weighted by molar-refractivity contribution is 9.10. The minimum absolute atomic E-state index is 0.313. The molecule has 0 aliphatic carbocycles. The second-order valence-corrected chi connectivity index (χ2v) is 6.08. The number of aromatic nitrogens is 1. The van der Waals surface area contributed by atoms with Crippen molar-refractivity contribution in [2.24, 2.45) is 0 Å². The van der Waals surface area contributed by atoms with E-state index in [0.717, 1.165) is 21.1 Å². The summed E-state index contributed by atoms with van der Waals surface area (Å²) in [6.45, 7) is 7.92. The minimum atomic E-state index is -0.831. The minimum Gasteiger partial charge on any atom is -0.384 e. The van der Waals surface area contributed by atoms with Crippen molar-refractivity contribution in [1.29, 1.82) is 0 Å². The molecule has 0 saturated carbocycles. The van der Waals surface area contributed by atoms with E-state index in [4.69, 9.17) is 0 Å². The van der Waals surface area contributed by atoms with E-state index in [1.807, 2.05) is 26.0 Å². The molecule has 0 amide bonds. The summed E-state index contributed by atoms with van der Waals surface area (Å²) in [5.74, 6) is 0. The first kappa shape index (κ1) is 12.7. The molecule has 0 spiro atoms. The predicted molar refractivity (Wildman–Crippen MR) is 75.3 cm³/mol. The van der Waals surface area contributed by atoms with Crippen molar-refractivity contribution in [3.05, 3.63) is 34.4 Å². The first-order chi connectivity index (χ1) is 7.82. The van der Waals surface area contributed by atoms with E-state index in [9.17, 15) is 5.11 Å². The van der Waals surface area contributed by atoms with Crippen molar-refractivity contribution in [2.75, 3.05) is 0 Å². The van der Waals surface area contributed by atoms with Crippen molar-refractivity contribution < 1.29 is 5.11 Å². The van der Waals surface area contributed by atoms with Gasteiger partial charge in [-0.1, -0.05) is 12.1 Å². The number of benzene rings is 1. The molecule has 0 aliphatic rings. The molecule has 1 aromatic carbocycles. The third-order valence-corrected chi connectivity index (χ3v) is 3.59. The normalized spacial score (nSPS) is 12.6. The van der Waals surface area contributed by atoms with Gasteiger partial charge in [-0.05, 0) is 55.8 Å². The summed E-state index contributed by atoms with van der Waals surface area (Å²) in [5, 5.41) is 11.4. The van der Waals surface area contributed by atoms with Gasteiger partial charge in [0.1, 0.15) is 0 Å². The van der Waals surface area contributed by atoms with Crippen molar-refractivity contribution in [3.8, 4) is 0 Å². The smallest absolute Gasteiger partial charge is 0.0989 e. The molecule has 2 aromatic rings. The summed E-state index contributed by atoms with van der Waals surface area (Å²) in [6.07, 6.45) is 0. The lowest BCUT2D eigenvalue weighted by atomic mass is 10.1. The maximum atomic E-state index is 10.3. The van der Waals surface area contributed by atoms with Gasteiger partial charge in [-0.2, -0.15) is 0 Å².